The zero-order valence-corrected chi connectivity index (χ0v) is 11.3. The van der Waals surface area contributed by atoms with E-state index >= 15 is 0 Å². The molecule has 0 aliphatic carbocycles. The molecule has 2 heterocycles. The van der Waals surface area contributed by atoms with Crippen LogP contribution >= 0.6 is 11.3 Å². The third kappa shape index (κ3) is 3.00. The molecule has 0 unspecified atom stereocenters. The van der Waals surface area contributed by atoms with Crippen LogP contribution in [-0.2, 0) is 16.0 Å². The van der Waals surface area contributed by atoms with Gasteiger partial charge in [0.1, 0.15) is 4.88 Å². The number of amides is 1. The van der Waals surface area contributed by atoms with Crippen molar-refractivity contribution in [3.63, 3.8) is 0 Å². The second-order valence-electron chi connectivity index (χ2n) is 3.92. The number of anilines is 1. The minimum atomic E-state index is -0.449. The summed E-state index contributed by atoms with van der Waals surface area (Å²) in [6.07, 6.45) is 1.76. The summed E-state index contributed by atoms with van der Waals surface area (Å²) < 4.78 is 4.68. The zero-order chi connectivity index (χ0) is 13.8. The molecule has 0 aliphatic rings. The summed E-state index contributed by atoms with van der Waals surface area (Å²) in [5.74, 6) is -0.661. The largest absolute Gasteiger partial charge is 0.465 e. The lowest BCUT2D eigenvalue weighted by Crippen LogP contribution is -2.17. The van der Waals surface area contributed by atoms with Crippen molar-refractivity contribution in [1.29, 1.82) is 0 Å². The fraction of sp³-hybridized carbons (Fsp3) is 0.250. The summed E-state index contributed by atoms with van der Waals surface area (Å²) in [5, 5.41) is 11.0. The number of hydrogen-bond donors (Lipinski definition) is 2. The Kier molecular flexibility index (Phi) is 3.96. The van der Waals surface area contributed by atoms with E-state index in [1.54, 1.807) is 17.6 Å². The van der Waals surface area contributed by atoms with Gasteiger partial charge in [0.2, 0.25) is 5.91 Å². The Bertz CT molecular complexity index is 589. The molecular weight excluding hydrogens is 266 g/mol. The number of carbonyl (C=O) groups is 2. The van der Waals surface area contributed by atoms with Crippen LogP contribution in [0.25, 0.3) is 0 Å². The summed E-state index contributed by atoms with van der Waals surface area (Å²) in [4.78, 5) is 23.9. The van der Waals surface area contributed by atoms with Crippen LogP contribution in [-0.4, -0.2) is 29.2 Å². The molecule has 7 heteroatoms. The lowest BCUT2D eigenvalue weighted by molar-refractivity contribution is -0.115. The third-order valence-electron chi connectivity index (χ3n) is 2.52. The van der Waals surface area contributed by atoms with Crippen LogP contribution in [0.15, 0.2) is 17.6 Å². The van der Waals surface area contributed by atoms with Gasteiger partial charge in [0.15, 0.2) is 0 Å². The van der Waals surface area contributed by atoms with E-state index in [1.165, 1.54) is 18.4 Å². The molecule has 2 aromatic rings. The van der Waals surface area contributed by atoms with Gasteiger partial charge >= 0.3 is 5.97 Å². The second kappa shape index (κ2) is 5.66. The van der Waals surface area contributed by atoms with Crippen LogP contribution < -0.4 is 5.32 Å². The highest BCUT2D eigenvalue weighted by atomic mass is 32.1. The van der Waals surface area contributed by atoms with E-state index in [9.17, 15) is 9.59 Å². The van der Waals surface area contributed by atoms with Crippen LogP contribution in [0.2, 0.25) is 0 Å². The maximum absolute atomic E-state index is 11.9. The number of nitrogens with one attached hydrogen (secondary N) is 2. The van der Waals surface area contributed by atoms with E-state index in [2.05, 4.69) is 20.3 Å². The van der Waals surface area contributed by atoms with E-state index in [0.29, 0.717) is 16.3 Å². The van der Waals surface area contributed by atoms with Crippen LogP contribution in [0.1, 0.15) is 20.9 Å². The normalized spacial score (nSPS) is 10.2. The highest BCUT2D eigenvalue weighted by molar-refractivity contribution is 7.12. The number of thiophene rings is 1. The predicted molar refractivity (Wildman–Crippen MR) is 71.3 cm³/mol. The maximum atomic E-state index is 11.9. The summed E-state index contributed by atoms with van der Waals surface area (Å²) in [6, 6.07) is 1.72. The standard InChI is InChI=1S/C12H13N3O3S/c1-7-6-19-11(12(17)18-2)10(7)14-9(16)5-8-3-4-13-15-8/h3-4,6H,5H2,1-2H3,(H,13,15)(H,14,16). The Balaban J connectivity index is 2.12. The molecule has 0 fully saturated rings. The number of rotatable bonds is 4. The fourth-order valence-electron chi connectivity index (χ4n) is 1.58. The van der Waals surface area contributed by atoms with E-state index in [-0.39, 0.29) is 12.3 Å². The molecule has 2 aromatic heterocycles. The van der Waals surface area contributed by atoms with Gasteiger partial charge in [-0.3, -0.25) is 9.89 Å². The number of hydrogen-bond acceptors (Lipinski definition) is 5. The van der Waals surface area contributed by atoms with Gasteiger partial charge < -0.3 is 10.1 Å². The monoisotopic (exact) mass is 279 g/mol. The van der Waals surface area contributed by atoms with Crippen molar-refractivity contribution in [2.45, 2.75) is 13.3 Å². The number of aryl methyl sites for hydroxylation is 1. The Morgan fingerprint density at radius 2 is 2.32 bits per heavy atom. The quantitative estimate of drug-likeness (QED) is 0.835. The highest BCUT2D eigenvalue weighted by Gasteiger charge is 2.18. The number of esters is 1. The third-order valence-corrected chi connectivity index (χ3v) is 3.60. The van der Waals surface area contributed by atoms with E-state index in [4.69, 9.17) is 0 Å². The molecule has 2 rings (SSSR count). The first kappa shape index (κ1) is 13.3. The molecule has 0 bridgehead atoms. The minimum absolute atomic E-state index is 0.176. The zero-order valence-electron chi connectivity index (χ0n) is 10.5. The Morgan fingerprint density at radius 1 is 1.53 bits per heavy atom. The van der Waals surface area contributed by atoms with Gasteiger partial charge in [0.05, 0.1) is 19.2 Å². The molecule has 0 radical (unpaired) electrons. The molecule has 0 saturated heterocycles. The highest BCUT2D eigenvalue weighted by Crippen LogP contribution is 2.28. The van der Waals surface area contributed by atoms with E-state index < -0.39 is 5.97 Å². The van der Waals surface area contributed by atoms with Crippen molar-refractivity contribution >= 4 is 28.9 Å². The molecule has 6 nitrogen and oxygen atoms in total. The average Bonchev–Trinajstić information content (AvgIpc) is 3.00. The molecule has 0 atom stereocenters. The van der Waals surface area contributed by atoms with Gasteiger partial charge in [0, 0.05) is 11.9 Å². The molecule has 0 aliphatic heterocycles. The molecule has 2 N–H and O–H groups in total. The molecule has 19 heavy (non-hydrogen) atoms. The van der Waals surface area contributed by atoms with Crippen molar-refractivity contribution in [1.82, 2.24) is 10.2 Å². The van der Waals surface area contributed by atoms with Crippen molar-refractivity contribution in [2.24, 2.45) is 0 Å². The SMILES string of the molecule is COC(=O)c1scc(C)c1NC(=O)Cc1ccn[nH]1. The van der Waals surface area contributed by atoms with Gasteiger partial charge in [-0.15, -0.1) is 11.3 Å². The lowest BCUT2D eigenvalue weighted by Gasteiger charge is -2.06. The van der Waals surface area contributed by atoms with Gasteiger partial charge in [0.25, 0.3) is 0 Å². The van der Waals surface area contributed by atoms with E-state index in [1.807, 2.05) is 6.92 Å². The molecule has 0 saturated carbocycles. The molecule has 0 spiro atoms. The van der Waals surface area contributed by atoms with Crippen molar-refractivity contribution in [3.8, 4) is 0 Å². The number of aromatic amines is 1. The molecule has 0 aromatic carbocycles. The topological polar surface area (TPSA) is 84.1 Å². The van der Waals surface area contributed by atoms with Gasteiger partial charge in [-0.05, 0) is 23.9 Å². The van der Waals surface area contributed by atoms with Crippen LogP contribution in [0.4, 0.5) is 5.69 Å². The van der Waals surface area contributed by atoms with Crippen LogP contribution in [0, 0.1) is 6.92 Å². The first-order valence-electron chi connectivity index (χ1n) is 5.56. The number of methoxy groups -OCH3 is 1. The summed E-state index contributed by atoms with van der Waals surface area (Å²) in [7, 11) is 1.31. The smallest absolute Gasteiger partial charge is 0.350 e. The van der Waals surface area contributed by atoms with Crippen molar-refractivity contribution in [2.75, 3.05) is 12.4 Å². The molecule has 1 amide bonds. The number of carbonyl (C=O) groups excluding carboxylic acids is 2. The van der Waals surface area contributed by atoms with Gasteiger partial charge in [-0.2, -0.15) is 5.10 Å². The number of ether oxygens (including phenoxy) is 1. The second-order valence-corrected chi connectivity index (χ2v) is 4.80. The summed E-state index contributed by atoms with van der Waals surface area (Å²) in [5.41, 5.74) is 2.06. The van der Waals surface area contributed by atoms with E-state index in [0.717, 1.165) is 5.56 Å². The summed E-state index contributed by atoms with van der Waals surface area (Å²) in [6.45, 7) is 1.83. The van der Waals surface area contributed by atoms with Crippen molar-refractivity contribution < 1.29 is 14.3 Å². The summed E-state index contributed by atoms with van der Waals surface area (Å²) >= 11 is 1.25. The number of nitrogens with zero attached hydrogens (tertiary/aromatic N) is 1. The minimum Gasteiger partial charge on any atom is -0.465 e. The lowest BCUT2D eigenvalue weighted by atomic mass is 10.2. The fourth-order valence-corrected chi connectivity index (χ4v) is 2.50. The molecular formula is C12H13N3O3S. The van der Waals surface area contributed by atoms with Crippen molar-refractivity contribution in [3.05, 3.63) is 33.8 Å². The van der Waals surface area contributed by atoms with Crippen LogP contribution in [0.3, 0.4) is 0 Å². The van der Waals surface area contributed by atoms with Gasteiger partial charge in [-0.25, -0.2) is 4.79 Å². The first-order chi connectivity index (χ1) is 9.11. The Hall–Kier alpha value is -2.15. The molecule has 100 valence electrons. The average molecular weight is 279 g/mol. The Morgan fingerprint density at radius 3 is 2.95 bits per heavy atom. The van der Waals surface area contributed by atoms with Gasteiger partial charge in [-0.1, -0.05) is 0 Å². The predicted octanol–water partition coefficient (Wildman–Crippen LogP) is 1.75. The van der Waals surface area contributed by atoms with Crippen LogP contribution in [0.5, 0.6) is 0 Å². The number of H-pyrrole nitrogens is 1. The first-order valence-corrected chi connectivity index (χ1v) is 6.44. The maximum Gasteiger partial charge on any atom is 0.350 e. The number of aromatic nitrogens is 2. The Labute approximate surface area is 113 Å².